The Labute approximate surface area is 113 Å². The Morgan fingerprint density at radius 1 is 1.37 bits per heavy atom. The predicted molar refractivity (Wildman–Crippen MR) is 71.2 cm³/mol. The van der Waals surface area contributed by atoms with E-state index in [1.165, 1.54) is 11.0 Å². The van der Waals surface area contributed by atoms with Crippen LogP contribution >= 0.6 is 11.3 Å². The molecule has 100 valence electrons. The average molecular weight is 282 g/mol. The van der Waals surface area contributed by atoms with E-state index in [0.717, 1.165) is 17.7 Å². The maximum atomic E-state index is 13.4. The fourth-order valence-corrected chi connectivity index (χ4v) is 2.19. The molecule has 0 spiro atoms. The molecule has 1 N–H and O–H groups in total. The van der Waals surface area contributed by atoms with Crippen molar-refractivity contribution < 1.29 is 13.6 Å². The van der Waals surface area contributed by atoms with E-state index in [-0.39, 0.29) is 5.69 Å². The van der Waals surface area contributed by atoms with Crippen molar-refractivity contribution in [3.05, 3.63) is 52.2 Å². The Morgan fingerprint density at radius 3 is 2.79 bits per heavy atom. The summed E-state index contributed by atoms with van der Waals surface area (Å²) in [6, 6.07) is 4.48. The van der Waals surface area contributed by atoms with Crippen LogP contribution < -0.4 is 5.32 Å². The number of nitrogens with one attached hydrogen (secondary N) is 1. The smallest absolute Gasteiger partial charge is 0.321 e. The fraction of sp³-hybridized carbons (Fsp3) is 0.154. The Bertz CT molecular complexity index is 572. The number of nitrogens with zero attached hydrogens (tertiary/aromatic N) is 1. The molecular weight excluding hydrogens is 270 g/mol. The van der Waals surface area contributed by atoms with Gasteiger partial charge in [0.15, 0.2) is 0 Å². The van der Waals surface area contributed by atoms with Crippen molar-refractivity contribution in [3.63, 3.8) is 0 Å². The minimum atomic E-state index is -0.794. The second-order valence-electron chi connectivity index (χ2n) is 4.04. The third-order valence-electron chi connectivity index (χ3n) is 2.52. The molecule has 0 atom stereocenters. The van der Waals surface area contributed by atoms with Gasteiger partial charge in [-0.3, -0.25) is 0 Å². The fourth-order valence-electron chi connectivity index (χ4n) is 1.53. The van der Waals surface area contributed by atoms with Crippen LogP contribution in [0.15, 0.2) is 35.0 Å². The van der Waals surface area contributed by atoms with E-state index in [0.29, 0.717) is 6.54 Å². The van der Waals surface area contributed by atoms with Crippen molar-refractivity contribution in [3.8, 4) is 0 Å². The van der Waals surface area contributed by atoms with Crippen LogP contribution in [0, 0.1) is 11.6 Å². The van der Waals surface area contributed by atoms with E-state index >= 15 is 0 Å². The first-order valence-corrected chi connectivity index (χ1v) is 6.49. The normalized spacial score (nSPS) is 10.3. The maximum Gasteiger partial charge on any atom is 0.321 e. The molecule has 1 heterocycles. The van der Waals surface area contributed by atoms with Gasteiger partial charge in [0.1, 0.15) is 11.6 Å². The monoisotopic (exact) mass is 282 g/mol. The van der Waals surface area contributed by atoms with Gasteiger partial charge >= 0.3 is 6.03 Å². The van der Waals surface area contributed by atoms with Crippen LogP contribution in [0.4, 0.5) is 19.3 Å². The molecule has 3 nitrogen and oxygen atoms in total. The largest absolute Gasteiger partial charge is 0.323 e. The molecule has 2 aromatic rings. The summed E-state index contributed by atoms with van der Waals surface area (Å²) in [5, 5.41) is 6.25. The molecule has 0 aliphatic rings. The highest BCUT2D eigenvalue weighted by Gasteiger charge is 2.12. The molecule has 6 heteroatoms. The van der Waals surface area contributed by atoms with Gasteiger partial charge in [-0.2, -0.15) is 11.3 Å². The number of hydrogen-bond acceptors (Lipinski definition) is 2. The lowest BCUT2D eigenvalue weighted by atomic mass is 10.3. The Balaban J connectivity index is 2.00. The summed E-state index contributed by atoms with van der Waals surface area (Å²) in [5.41, 5.74) is 0.964. The number of carbonyl (C=O) groups excluding carboxylic acids is 1. The number of halogens is 2. The standard InChI is InChI=1S/C13H12F2N2OS/c1-17(7-9-4-5-19-8-9)13(18)16-12-3-2-10(14)6-11(12)15/h2-6,8H,7H2,1H3,(H,16,18). The number of anilines is 1. The number of benzene rings is 1. The number of hydrogen-bond donors (Lipinski definition) is 1. The van der Waals surface area contributed by atoms with Gasteiger partial charge in [-0.1, -0.05) is 0 Å². The van der Waals surface area contributed by atoms with Gasteiger partial charge in [0.05, 0.1) is 5.69 Å². The van der Waals surface area contributed by atoms with Gasteiger partial charge in [0.25, 0.3) is 0 Å². The number of urea groups is 1. The maximum absolute atomic E-state index is 13.4. The molecule has 0 aliphatic carbocycles. The van der Waals surface area contributed by atoms with Crippen molar-refractivity contribution in [1.29, 1.82) is 0 Å². The average Bonchev–Trinajstić information content (AvgIpc) is 2.85. The zero-order chi connectivity index (χ0) is 13.8. The summed E-state index contributed by atoms with van der Waals surface area (Å²) in [4.78, 5) is 13.3. The van der Waals surface area contributed by atoms with Crippen molar-refractivity contribution in [2.45, 2.75) is 6.54 Å². The first-order chi connectivity index (χ1) is 9.06. The molecule has 2 rings (SSSR count). The minimum Gasteiger partial charge on any atom is -0.323 e. The van der Waals surface area contributed by atoms with Crippen molar-refractivity contribution in [2.75, 3.05) is 12.4 Å². The topological polar surface area (TPSA) is 32.3 Å². The van der Waals surface area contributed by atoms with Crippen LogP contribution in [0.25, 0.3) is 0 Å². The molecule has 19 heavy (non-hydrogen) atoms. The lowest BCUT2D eigenvalue weighted by Crippen LogP contribution is -2.31. The molecule has 0 saturated heterocycles. The molecule has 1 aromatic heterocycles. The molecule has 0 bridgehead atoms. The number of carbonyl (C=O) groups is 1. The van der Waals surface area contributed by atoms with E-state index in [1.54, 1.807) is 18.4 Å². The lowest BCUT2D eigenvalue weighted by molar-refractivity contribution is 0.220. The molecule has 0 fully saturated rings. The van der Waals surface area contributed by atoms with E-state index in [1.807, 2.05) is 16.8 Å². The molecule has 0 aliphatic heterocycles. The van der Waals surface area contributed by atoms with Crippen LogP contribution in [-0.4, -0.2) is 18.0 Å². The minimum absolute atomic E-state index is 0.0384. The molecule has 0 saturated carbocycles. The van der Waals surface area contributed by atoms with Gasteiger partial charge in [-0.25, -0.2) is 13.6 Å². The second-order valence-corrected chi connectivity index (χ2v) is 4.82. The summed E-state index contributed by atoms with van der Waals surface area (Å²) in [6.07, 6.45) is 0. The molecule has 0 unspecified atom stereocenters. The van der Waals surface area contributed by atoms with E-state index in [9.17, 15) is 13.6 Å². The van der Waals surface area contributed by atoms with Gasteiger partial charge in [0, 0.05) is 19.7 Å². The number of amides is 2. The first kappa shape index (κ1) is 13.5. The summed E-state index contributed by atoms with van der Waals surface area (Å²) in [6.45, 7) is 0.429. The summed E-state index contributed by atoms with van der Waals surface area (Å²) >= 11 is 1.54. The van der Waals surface area contributed by atoms with Gasteiger partial charge in [-0.05, 0) is 34.5 Å². The van der Waals surface area contributed by atoms with Crippen molar-refractivity contribution in [2.24, 2.45) is 0 Å². The molecule has 2 amide bonds. The Morgan fingerprint density at radius 2 is 2.16 bits per heavy atom. The van der Waals surface area contributed by atoms with Crippen molar-refractivity contribution >= 4 is 23.1 Å². The molecule has 1 aromatic carbocycles. The third-order valence-corrected chi connectivity index (χ3v) is 3.25. The van der Waals surface area contributed by atoms with Gasteiger partial charge < -0.3 is 10.2 Å². The third kappa shape index (κ3) is 3.51. The highest BCUT2D eigenvalue weighted by molar-refractivity contribution is 7.07. The summed E-state index contributed by atoms with van der Waals surface area (Å²) < 4.78 is 26.1. The van der Waals surface area contributed by atoms with Gasteiger partial charge in [-0.15, -0.1) is 0 Å². The SMILES string of the molecule is CN(Cc1ccsc1)C(=O)Nc1ccc(F)cc1F. The van der Waals surface area contributed by atoms with Gasteiger partial charge in [0.2, 0.25) is 0 Å². The highest BCUT2D eigenvalue weighted by Crippen LogP contribution is 2.16. The van der Waals surface area contributed by atoms with Crippen molar-refractivity contribution in [1.82, 2.24) is 4.90 Å². The highest BCUT2D eigenvalue weighted by atomic mass is 32.1. The van der Waals surface area contributed by atoms with Crippen LogP contribution in [0.5, 0.6) is 0 Å². The zero-order valence-corrected chi connectivity index (χ0v) is 11.0. The summed E-state index contributed by atoms with van der Waals surface area (Å²) in [5.74, 6) is -1.47. The Hall–Kier alpha value is -1.95. The molecular formula is C13H12F2N2OS. The second kappa shape index (κ2) is 5.79. The Kier molecular flexibility index (Phi) is 4.11. The van der Waals surface area contributed by atoms with Crippen LogP contribution in [0.1, 0.15) is 5.56 Å². The van der Waals surface area contributed by atoms with Crippen LogP contribution in [0.3, 0.4) is 0 Å². The van der Waals surface area contributed by atoms with E-state index in [2.05, 4.69) is 5.32 Å². The quantitative estimate of drug-likeness (QED) is 0.915. The predicted octanol–water partition coefficient (Wildman–Crippen LogP) is 3.69. The lowest BCUT2D eigenvalue weighted by Gasteiger charge is -2.17. The van der Waals surface area contributed by atoms with Crippen LogP contribution in [-0.2, 0) is 6.54 Å². The van der Waals surface area contributed by atoms with E-state index < -0.39 is 17.7 Å². The zero-order valence-electron chi connectivity index (χ0n) is 10.2. The number of thiophene rings is 1. The van der Waals surface area contributed by atoms with E-state index in [4.69, 9.17) is 0 Å². The first-order valence-electron chi connectivity index (χ1n) is 5.54. The van der Waals surface area contributed by atoms with Crippen LogP contribution in [0.2, 0.25) is 0 Å². The summed E-state index contributed by atoms with van der Waals surface area (Å²) in [7, 11) is 1.61. The molecule has 0 radical (unpaired) electrons. The number of rotatable bonds is 3.